The fourth-order valence-electron chi connectivity index (χ4n) is 3.62. The highest BCUT2D eigenvalue weighted by Gasteiger charge is 2.34. The van der Waals surface area contributed by atoms with Gasteiger partial charge in [0.25, 0.3) is 0 Å². The first-order valence-corrected chi connectivity index (χ1v) is 8.92. The Hall–Kier alpha value is -0.120. The van der Waals surface area contributed by atoms with Crippen LogP contribution in [0.4, 0.5) is 0 Å². The van der Waals surface area contributed by atoms with E-state index < -0.39 is 5.60 Å². The summed E-state index contributed by atoms with van der Waals surface area (Å²) in [5.74, 6) is 0.712. The van der Waals surface area contributed by atoms with Gasteiger partial charge in [0.15, 0.2) is 0 Å². The summed E-state index contributed by atoms with van der Waals surface area (Å²) in [6, 6.07) is 0. The molecular weight excluding hydrogens is 260 g/mol. The summed E-state index contributed by atoms with van der Waals surface area (Å²) in [5.41, 5.74) is -0.189. The van der Waals surface area contributed by atoms with Crippen LogP contribution in [0.1, 0.15) is 66.7 Å². The minimum atomic E-state index is -0.600. The molecule has 126 valence electrons. The lowest BCUT2D eigenvalue weighted by Gasteiger charge is -2.42. The Balaban J connectivity index is 2.62. The maximum Gasteiger partial charge on any atom is 0.0718 e. The van der Waals surface area contributed by atoms with Crippen LogP contribution >= 0.6 is 0 Å². The first-order valence-electron chi connectivity index (χ1n) is 8.92. The molecule has 1 saturated carbocycles. The Morgan fingerprint density at radius 3 is 2.29 bits per heavy atom. The Morgan fingerprint density at radius 2 is 1.81 bits per heavy atom. The van der Waals surface area contributed by atoms with Gasteiger partial charge in [-0.05, 0) is 51.1 Å². The normalized spacial score (nSPS) is 19.4. The summed E-state index contributed by atoms with van der Waals surface area (Å²) in [5, 5.41) is 13.8. The van der Waals surface area contributed by atoms with Crippen LogP contribution in [0.3, 0.4) is 0 Å². The van der Waals surface area contributed by atoms with Gasteiger partial charge >= 0.3 is 0 Å². The molecule has 0 atom stereocenters. The van der Waals surface area contributed by atoms with Crippen LogP contribution in [-0.4, -0.2) is 48.3 Å². The molecule has 0 aromatic carbocycles. The van der Waals surface area contributed by atoms with Crippen molar-refractivity contribution in [1.29, 1.82) is 0 Å². The maximum atomic E-state index is 10.1. The molecule has 3 heteroatoms. The molecule has 21 heavy (non-hydrogen) atoms. The smallest absolute Gasteiger partial charge is 0.0718 e. The molecule has 3 nitrogen and oxygen atoms in total. The number of nitrogens with zero attached hydrogens (tertiary/aromatic N) is 1. The Labute approximate surface area is 132 Å². The predicted octanol–water partition coefficient (Wildman–Crippen LogP) is 3.28. The van der Waals surface area contributed by atoms with Crippen LogP contribution < -0.4 is 5.32 Å². The van der Waals surface area contributed by atoms with Gasteiger partial charge in [0.2, 0.25) is 0 Å². The topological polar surface area (TPSA) is 35.5 Å². The summed E-state index contributed by atoms with van der Waals surface area (Å²) >= 11 is 0. The van der Waals surface area contributed by atoms with Crippen molar-refractivity contribution >= 4 is 0 Å². The largest absolute Gasteiger partial charge is 0.389 e. The summed E-state index contributed by atoms with van der Waals surface area (Å²) in [6.45, 7) is 15.8. The minimum Gasteiger partial charge on any atom is -0.389 e. The van der Waals surface area contributed by atoms with Crippen LogP contribution in [0.15, 0.2) is 0 Å². The van der Waals surface area contributed by atoms with E-state index in [4.69, 9.17) is 0 Å². The van der Waals surface area contributed by atoms with Crippen LogP contribution in [-0.2, 0) is 0 Å². The predicted molar refractivity (Wildman–Crippen MR) is 91.6 cm³/mol. The van der Waals surface area contributed by atoms with Gasteiger partial charge in [0.05, 0.1) is 5.60 Å². The molecule has 0 aromatic rings. The zero-order valence-electron chi connectivity index (χ0n) is 15.0. The van der Waals surface area contributed by atoms with Gasteiger partial charge in [-0.15, -0.1) is 0 Å². The van der Waals surface area contributed by atoms with Gasteiger partial charge in [-0.2, -0.15) is 0 Å². The zero-order valence-corrected chi connectivity index (χ0v) is 15.0. The first-order chi connectivity index (χ1) is 9.76. The molecule has 0 radical (unpaired) electrons. The number of hydrogen-bond acceptors (Lipinski definition) is 3. The lowest BCUT2D eigenvalue weighted by Crippen LogP contribution is -2.49. The van der Waals surface area contributed by atoms with E-state index in [9.17, 15) is 5.11 Å². The van der Waals surface area contributed by atoms with Crippen molar-refractivity contribution in [2.45, 2.75) is 72.3 Å². The third kappa shape index (κ3) is 7.62. The lowest BCUT2D eigenvalue weighted by molar-refractivity contribution is 0.0143. The number of likely N-dealkylation sites (N-methyl/N-ethyl adjacent to an activating group) is 1. The van der Waals surface area contributed by atoms with Crippen LogP contribution in [0.25, 0.3) is 0 Å². The number of aliphatic hydroxyl groups is 1. The number of rotatable bonds is 9. The van der Waals surface area contributed by atoms with Gasteiger partial charge < -0.3 is 15.3 Å². The zero-order chi connectivity index (χ0) is 15.9. The molecule has 0 aliphatic heterocycles. The van der Waals surface area contributed by atoms with Crippen molar-refractivity contribution < 1.29 is 5.11 Å². The van der Waals surface area contributed by atoms with Crippen LogP contribution in [0, 0.1) is 11.3 Å². The van der Waals surface area contributed by atoms with Crippen molar-refractivity contribution in [1.82, 2.24) is 10.2 Å². The van der Waals surface area contributed by atoms with Gasteiger partial charge in [0, 0.05) is 19.6 Å². The summed E-state index contributed by atoms with van der Waals surface area (Å²) < 4.78 is 0. The molecule has 0 heterocycles. The monoisotopic (exact) mass is 298 g/mol. The van der Waals surface area contributed by atoms with Gasteiger partial charge in [-0.3, -0.25) is 0 Å². The molecule has 1 rings (SSSR count). The molecule has 0 spiro atoms. The van der Waals surface area contributed by atoms with E-state index in [-0.39, 0.29) is 0 Å². The van der Waals surface area contributed by atoms with E-state index in [0.717, 1.165) is 32.7 Å². The average Bonchev–Trinajstić information content (AvgIpc) is 2.37. The van der Waals surface area contributed by atoms with Crippen LogP contribution in [0.5, 0.6) is 0 Å². The third-order valence-corrected chi connectivity index (χ3v) is 4.58. The second kappa shape index (κ2) is 8.50. The molecule has 0 amide bonds. The molecule has 0 saturated heterocycles. The average molecular weight is 299 g/mol. The highest BCUT2D eigenvalue weighted by atomic mass is 16.3. The van der Waals surface area contributed by atoms with Gasteiger partial charge in [-0.25, -0.2) is 0 Å². The van der Waals surface area contributed by atoms with Crippen molar-refractivity contribution in [3.05, 3.63) is 0 Å². The third-order valence-electron chi connectivity index (χ3n) is 4.58. The molecule has 0 aromatic heterocycles. The lowest BCUT2D eigenvalue weighted by atomic mass is 9.73. The molecule has 0 bridgehead atoms. The van der Waals surface area contributed by atoms with E-state index >= 15 is 0 Å². The van der Waals surface area contributed by atoms with E-state index in [1.165, 1.54) is 32.1 Å². The standard InChI is InChI=1S/C18H38N2O/c1-6-20(14-17(4,5)21)15-18(10-8-7-9-11-18)13-19-12-16(2)3/h16,19,21H,6-15H2,1-5H3. The van der Waals surface area contributed by atoms with Crippen molar-refractivity contribution in [2.75, 3.05) is 32.7 Å². The van der Waals surface area contributed by atoms with E-state index in [1.54, 1.807) is 0 Å². The van der Waals surface area contributed by atoms with Crippen molar-refractivity contribution in [3.8, 4) is 0 Å². The molecule has 0 unspecified atom stereocenters. The summed E-state index contributed by atoms with van der Waals surface area (Å²) in [4.78, 5) is 2.45. The quantitative estimate of drug-likeness (QED) is 0.686. The highest BCUT2D eigenvalue weighted by molar-refractivity contribution is 4.89. The van der Waals surface area contributed by atoms with Gasteiger partial charge in [-0.1, -0.05) is 40.0 Å². The number of hydrogen-bond donors (Lipinski definition) is 2. The fourth-order valence-corrected chi connectivity index (χ4v) is 3.62. The Bertz CT molecular complexity index is 277. The second-order valence-corrected chi connectivity index (χ2v) is 8.20. The molecule has 2 N–H and O–H groups in total. The van der Waals surface area contributed by atoms with Crippen molar-refractivity contribution in [3.63, 3.8) is 0 Å². The molecular formula is C18H38N2O. The SMILES string of the molecule is CCN(CC(C)(C)O)CC1(CNCC(C)C)CCCCC1. The van der Waals surface area contributed by atoms with Crippen molar-refractivity contribution in [2.24, 2.45) is 11.3 Å². The summed E-state index contributed by atoms with van der Waals surface area (Å²) in [7, 11) is 0. The first kappa shape index (κ1) is 18.9. The summed E-state index contributed by atoms with van der Waals surface area (Å²) in [6.07, 6.45) is 6.79. The van der Waals surface area contributed by atoms with E-state index in [0.29, 0.717) is 11.3 Å². The Kier molecular flexibility index (Phi) is 7.66. The second-order valence-electron chi connectivity index (χ2n) is 8.20. The fraction of sp³-hybridized carbons (Fsp3) is 1.00. The van der Waals surface area contributed by atoms with Crippen LogP contribution in [0.2, 0.25) is 0 Å². The molecule has 1 aliphatic carbocycles. The highest BCUT2D eigenvalue weighted by Crippen LogP contribution is 2.36. The molecule has 1 aliphatic rings. The minimum absolute atomic E-state index is 0.411. The number of nitrogens with one attached hydrogen (secondary N) is 1. The molecule has 1 fully saturated rings. The van der Waals surface area contributed by atoms with E-state index in [2.05, 4.69) is 31.0 Å². The maximum absolute atomic E-state index is 10.1. The van der Waals surface area contributed by atoms with E-state index in [1.807, 2.05) is 13.8 Å². The Morgan fingerprint density at radius 1 is 1.19 bits per heavy atom. The van der Waals surface area contributed by atoms with Gasteiger partial charge in [0.1, 0.15) is 0 Å².